The molecule has 2 aromatic carbocycles. The maximum Gasteiger partial charge on any atom is 0.335 e. The van der Waals surface area contributed by atoms with Gasteiger partial charge in [-0.15, -0.1) is 11.8 Å². The van der Waals surface area contributed by atoms with Gasteiger partial charge in [-0.05, 0) is 36.8 Å². The third-order valence-electron chi connectivity index (χ3n) is 3.02. The molecule has 1 atom stereocenters. The van der Waals surface area contributed by atoms with E-state index in [0.717, 1.165) is 10.5 Å². The Morgan fingerprint density at radius 2 is 1.70 bits per heavy atom. The predicted molar refractivity (Wildman–Crippen MR) is 80.1 cm³/mol. The van der Waals surface area contributed by atoms with Crippen LogP contribution in [0.25, 0.3) is 0 Å². The van der Waals surface area contributed by atoms with E-state index >= 15 is 0 Å². The number of carboxylic acid groups (broad SMARTS) is 1. The molecule has 0 bridgehead atoms. The van der Waals surface area contributed by atoms with Crippen LogP contribution in [-0.2, 0) is 5.60 Å². The van der Waals surface area contributed by atoms with Crippen LogP contribution in [0, 0.1) is 0 Å². The Bertz CT molecular complexity index is 576. The molecular weight excluding hydrogens is 272 g/mol. The second-order valence-electron chi connectivity index (χ2n) is 4.76. The van der Waals surface area contributed by atoms with E-state index in [4.69, 9.17) is 5.11 Å². The van der Waals surface area contributed by atoms with E-state index in [-0.39, 0.29) is 5.56 Å². The molecule has 20 heavy (non-hydrogen) atoms. The summed E-state index contributed by atoms with van der Waals surface area (Å²) in [5, 5.41) is 19.3. The molecule has 2 aromatic rings. The molecule has 0 aliphatic heterocycles. The lowest BCUT2D eigenvalue weighted by atomic mass is 9.99. The van der Waals surface area contributed by atoms with Crippen molar-refractivity contribution in [3.63, 3.8) is 0 Å². The summed E-state index contributed by atoms with van der Waals surface area (Å²) in [6.45, 7) is 1.78. The summed E-state index contributed by atoms with van der Waals surface area (Å²) in [6, 6.07) is 16.2. The smallest absolute Gasteiger partial charge is 0.335 e. The van der Waals surface area contributed by atoms with Crippen LogP contribution in [0.15, 0.2) is 59.5 Å². The van der Waals surface area contributed by atoms with Crippen LogP contribution >= 0.6 is 11.8 Å². The Balaban J connectivity index is 2.03. The fourth-order valence-electron chi connectivity index (χ4n) is 1.80. The fraction of sp³-hybridized carbons (Fsp3) is 0.188. The summed E-state index contributed by atoms with van der Waals surface area (Å²) >= 11 is 1.50. The summed E-state index contributed by atoms with van der Waals surface area (Å²) < 4.78 is 0. The van der Waals surface area contributed by atoms with E-state index in [9.17, 15) is 9.90 Å². The average molecular weight is 288 g/mol. The lowest BCUT2D eigenvalue weighted by Gasteiger charge is -2.23. The molecule has 0 amide bonds. The van der Waals surface area contributed by atoms with Gasteiger partial charge in [-0.1, -0.05) is 30.3 Å². The number of carboxylic acids is 1. The molecule has 0 radical (unpaired) electrons. The Hall–Kier alpha value is -1.78. The van der Waals surface area contributed by atoms with Gasteiger partial charge >= 0.3 is 5.97 Å². The minimum atomic E-state index is -0.933. The van der Waals surface area contributed by atoms with E-state index < -0.39 is 11.6 Å². The molecule has 0 aliphatic carbocycles. The molecule has 0 saturated carbocycles. The van der Waals surface area contributed by atoms with Crippen LogP contribution in [0.4, 0.5) is 0 Å². The topological polar surface area (TPSA) is 57.5 Å². The normalized spacial score (nSPS) is 13.7. The van der Waals surface area contributed by atoms with Gasteiger partial charge in [-0.2, -0.15) is 0 Å². The molecule has 0 heterocycles. The van der Waals surface area contributed by atoms with E-state index in [1.807, 2.05) is 30.3 Å². The summed E-state index contributed by atoms with van der Waals surface area (Å²) in [6.07, 6.45) is 0. The van der Waals surface area contributed by atoms with Gasteiger partial charge in [0.15, 0.2) is 0 Å². The van der Waals surface area contributed by atoms with Gasteiger partial charge in [-0.25, -0.2) is 4.79 Å². The molecule has 0 aliphatic rings. The van der Waals surface area contributed by atoms with Crippen molar-refractivity contribution in [1.82, 2.24) is 0 Å². The van der Waals surface area contributed by atoms with Gasteiger partial charge in [0, 0.05) is 10.6 Å². The van der Waals surface area contributed by atoms with Gasteiger partial charge < -0.3 is 10.2 Å². The van der Waals surface area contributed by atoms with Gasteiger partial charge in [-0.3, -0.25) is 0 Å². The zero-order chi connectivity index (χ0) is 14.6. The van der Waals surface area contributed by atoms with Gasteiger partial charge in [0.25, 0.3) is 0 Å². The molecule has 2 rings (SSSR count). The standard InChI is InChI=1S/C16H16O3S/c1-16(19,13-5-3-2-4-6-13)11-20-14-9-7-12(8-10-14)15(17)18/h2-10,19H,11H2,1H3,(H,17,18). The fourth-order valence-corrected chi connectivity index (χ4v) is 2.74. The number of aliphatic hydroxyl groups is 1. The monoisotopic (exact) mass is 288 g/mol. The zero-order valence-electron chi connectivity index (χ0n) is 11.1. The highest BCUT2D eigenvalue weighted by Gasteiger charge is 2.22. The molecule has 104 valence electrons. The van der Waals surface area contributed by atoms with Crippen molar-refractivity contribution in [2.45, 2.75) is 17.4 Å². The van der Waals surface area contributed by atoms with Crippen molar-refractivity contribution >= 4 is 17.7 Å². The first-order valence-corrected chi connectivity index (χ1v) is 7.22. The highest BCUT2D eigenvalue weighted by atomic mass is 32.2. The first kappa shape index (κ1) is 14.6. The van der Waals surface area contributed by atoms with Crippen molar-refractivity contribution in [2.75, 3.05) is 5.75 Å². The van der Waals surface area contributed by atoms with Crippen LogP contribution < -0.4 is 0 Å². The SMILES string of the molecule is CC(O)(CSc1ccc(C(=O)O)cc1)c1ccccc1. The Morgan fingerprint density at radius 3 is 2.25 bits per heavy atom. The number of hydrogen-bond acceptors (Lipinski definition) is 3. The molecule has 3 nitrogen and oxygen atoms in total. The lowest BCUT2D eigenvalue weighted by molar-refractivity contribution is 0.0696. The van der Waals surface area contributed by atoms with Gasteiger partial charge in [0.2, 0.25) is 0 Å². The number of hydrogen-bond donors (Lipinski definition) is 2. The van der Waals surface area contributed by atoms with Crippen molar-refractivity contribution in [1.29, 1.82) is 0 Å². The van der Waals surface area contributed by atoms with Crippen LogP contribution in [0.2, 0.25) is 0 Å². The number of thioether (sulfide) groups is 1. The minimum Gasteiger partial charge on any atom is -0.478 e. The summed E-state index contributed by atoms with van der Waals surface area (Å²) in [7, 11) is 0. The van der Waals surface area contributed by atoms with Gasteiger partial charge in [0.05, 0.1) is 11.2 Å². The molecule has 0 spiro atoms. The minimum absolute atomic E-state index is 0.268. The van der Waals surface area contributed by atoms with Crippen molar-refractivity contribution in [2.24, 2.45) is 0 Å². The summed E-state index contributed by atoms with van der Waals surface area (Å²) in [4.78, 5) is 11.7. The zero-order valence-corrected chi connectivity index (χ0v) is 11.9. The number of rotatable bonds is 5. The van der Waals surface area contributed by atoms with Gasteiger partial charge in [0.1, 0.15) is 0 Å². The number of benzene rings is 2. The third-order valence-corrected chi connectivity index (χ3v) is 4.33. The molecule has 1 unspecified atom stereocenters. The number of aromatic carboxylic acids is 1. The molecule has 4 heteroatoms. The molecule has 0 saturated heterocycles. The summed E-state index contributed by atoms with van der Waals surface area (Å²) in [5.74, 6) is -0.429. The van der Waals surface area contributed by atoms with Crippen LogP contribution in [0.3, 0.4) is 0 Å². The largest absolute Gasteiger partial charge is 0.478 e. The van der Waals surface area contributed by atoms with Crippen molar-refractivity contribution in [3.8, 4) is 0 Å². The molecular formula is C16H16O3S. The average Bonchev–Trinajstić information content (AvgIpc) is 2.46. The second-order valence-corrected chi connectivity index (χ2v) is 5.81. The maximum atomic E-state index is 10.8. The van der Waals surface area contributed by atoms with Crippen LogP contribution in [-0.4, -0.2) is 21.9 Å². The molecule has 2 N–H and O–H groups in total. The summed E-state index contributed by atoms with van der Waals surface area (Å²) in [5.41, 5.74) is 0.219. The first-order chi connectivity index (χ1) is 9.49. The second kappa shape index (κ2) is 6.11. The van der Waals surface area contributed by atoms with E-state index in [1.165, 1.54) is 11.8 Å². The highest BCUT2D eigenvalue weighted by molar-refractivity contribution is 7.99. The van der Waals surface area contributed by atoms with Crippen molar-refractivity contribution < 1.29 is 15.0 Å². The van der Waals surface area contributed by atoms with E-state index in [1.54, 1.807) is 31.2 Å². The Labute approximate surface area is 122 Å². The van der Waals surface area contributed by atoms with E-state index in [2.05, 4.69) is 0 Å². The first-order valence-electron chi connectivity index (χ1n) is 6.23. The third kappa shape index (κ3) is 3.62. The lowest BCUT2D eigenvalue weighted by Crippen LogP contribution is -2.24. The number of carbonyl (C=O) groups is 1. The molecule has 0 aromatic heterocycles. The van der Waals surface area contributed by atoms with Crippen LogP contribution in [0.1, 0.15) is 22.8 Å². The Kier molecular flexibility index (Phi) is 4.47. The molecule has 0 fully saturated rings. The highest BCUT2D eigenvalue weighted by Crippen LogP contribution is 2.29. The van der Waals surface area contributed by atoms with Crippen LogP contribution in [0.5, 0.6) is 0 Å². The quantitative estimate of drug-likeness (QED) is 0.828. The maximum absolute atomic E-state index is 10.8. The Morgan fingerprint density at radius 1 is 1.10 bits per heavy atom. The van der Waals surface area contributed by atoms with Crippen molar-refractivity contribution in [3.05, 3.63) is 65.7 Å². The predicted octanol–water partition coefficient (Wildman–Crippen LogP) is 3.38. The van der Waals surface area contributed by atoms with E-state index in [0.29, 0.717) is 5.75 Å².